The van der Waals surface area contributed by atoms with Crippen LogP contribution in [0.2, 0.25) is 0 Å². The van der Waals surface area contributed by atoms with E-state index in [-0.39, 0.29) is 17.2 Å². The van der Waals surface area contributed by atoms with Crippen molar-refractivity contribution in [3.8, 4) is 0 Å². The van der Waals surface area contributed by atoms with Crippen LogP contribution in [0.15, 0.2) is 82.7 Å². The monoisotopic (exact) mass is 429 g/mol. The minimum absolute atomic E-state index is 0.223. The van der Waals surface area contributed by atoms with E-state index < -0.39 is 5.41 Å². The molecular weight excluding hydrogens is 408 g/mol. The molecule has 1 saturated carbocycles. The zero-order valence-corrected chi connectivity index (χ0v) is 17.6. The molecule has 0 saturated heterocycles. The van der Waals surface area contributed by atoms with Crippen LogP contribution in [-0.2, 0) is 11.8 Å². The third-order valence-electron chi connectivity index (χ3n) is 6.26. The summed E-state index contributed by atoms with van der Waals surface area (Å²) in [6.45, 7) is 1.93. The maximum atomic E-state index is 13.7. The maximum Gasteiger partial charge on any atom is 0.282 e. The van der Waals surface area contributed by atoms with Crippen molar-refractivity contribution in [1.82, 2.24) is 9.66 Å². The van der Waals surface area contributed by atoms with Crippen LogP contribution in [-0.4, -0.2) is 15.4 Å². The zero-order valence-electron chi connectivity index (χ0n) is 17.6. The Morgan fingerprint density at radius 3 is 2.06 bits per heavy atom. The second-order valence-corrected chi connectivity index (χ2v) is 7.98. The van der Waals surface area contributed by atoms with Gasteiger partial charge in [0.1, 0.15) is 17.5 Å². The molecule has 4 aromatic rings. The normalized spacial score (nSPS) is 16.3. The molecule has 4 nitrogen and oxygen atoms in total. The highest BCUT2D eigenvalue weighted by Crippen LogP contribution is 2.47. The van der Waals surface area contributed by atoms with E-state index in [9.17, 15) is 13.6 Å². The van der Waals surface area contributed by atoms with Gasteiger partial charge in [-0.2, -0.15) is 9.78 Å². The number of hydrogen-bond donors (Lipinski definition) is 0. The number of halogens is 2. The Balaban J connectivity index is 1.74. The van der Waals surface area contributed by atoms with Gasteiger partial charge in [0.25, 0.3) is 5.56 Å². The highest BCUT2D eigenvalue weighted by molar-refractivity contribution is 6.03. The van der Waals surface area contributed by atoms with E-state index >= 15 is 0 Å². The molecule has 0 radical (unpaired) electrons. The summed E-state index contributed by atoms with van der Waals surface area (Å²) in [5.74, 6) is -0.0896. The highest BCUT2D eigenvalue weighted by atomic mass is 19.1. The first-order valence-corrected chi connectivity index (χ1v) is 10.6. The minimum atomic E-state index is -0.655. The maximum absolute atomic E-state index is 13.7. The molecule has 0 amide bonds. The molecule has 0 aliphatic heterocycles. The summed E-state index contributed by atoms with van der Waals surface area (Å²) in [6.07, 6.45) is 1.93. The van der Waals surface area contributed by atoms with Crippen LogP contribution < -0.4 is 5.56 Å². The van der Waals surface area contributed by atoms with Gasteiger partial charge in [0.2, 0.25) is 0 Å². The Morgan fingerprint density at radius 2 is 1.53 bits per heavy atom. The van der Waals surface area contributed by atoms with Crippen molar-refractivity contribution < 1.29 is 8.78 Å². The lowest BCUT2D eigenvalue weighted by Crippen LogP contribution is -2.47. The topological polar surface area (TPSA) is 47.2 Å². The summed E-state index contributed by atoms with van der Waals surface area (Å²) in [5, 5.41) is 5.31. The van der Waals surface area contributed by atoms with Gasteiger partial charge < -0.3 is 0 Å². The highest BCUT2D eigenvalue weighted by Gasteiger charge is 2.47. The van der Waals surface area contributed by atoms with E-state index in [4.69, 9.17) is 5.10 Å². The van der Waals surface area contributed by atoms with Gasteiger partial charge >= 0.3 is 0 Å². The summed E-state index contributed by atoms with van der Waals surface area (Å²) >= 11 is 0. The van der Waals surface area contributed by atoms with Gasteiger partial charge in [-0.3, -0.25) is 4.79 Å². The van der Waals surface area contributed by atoms with Crippen LogP contribution in [0, 0.1) is 11.6 Å². The number of fused-ring (bicyclic) bond motifs is 1. The smallest absolute Gasteiger partial charge is 0.267 e. The second kappa shape index (κ2) is 7.79. The number of benzene rings is 3. The van der Waals surface area contributed by atoms with Crippen molar-refractivity contribution in [3.63, 3.8) is 0 Å². The average Bonchev–Trinajstić information content (AvgIpc) is 2.80. The largest absolute Gasteiger partial charge is 0.282 e. The number of para-hydroxylation sites is 1. The Labute approximate surface area is 183 Å². The fourth-order valence-electron chi connectivity index (χ4n) is 4.50. The lowest BCUT2D eigenvalue weighted by Gasteiger charge is -2.44. The van der Waals surface area contributed by atoms with Crippen molar-refractivity contribution >= 4 is 16.6 Å². The first kappa shape index (κ1) is 20.2. The molecule has 0 atom stereocenters. The van der Waals surface area contributed by atoms with Gasteiger partial charge in [-0.25, -0.2) is 13.8 Å². The van der Waals surface area contributed by atoms with E-state index in [1.54, 1.807) is 36.4 Å². The van der Waals surface area contributed by atoms with E-state index in [0.717, 1.165) is 23.3 Å². The van der Waals surface area contributed by atoms with E-state index in [0.29, 0.717) is 29.6 Å². The standard InChI is InChI=1S/C26H21F2N3O/c1-2-24-29-22-6-4-3-5-21(22)25(32)31(24)30-23-15-16-26(23,17-7-11-19(27)12-8-17)18-9-13-20(28)14-10-18/h3-14H,2,15-16H2,1H3/b30-23-. The molecule has 0 spiro atoms. The summed E-state index contributed by atoms with van der Waals surface area (Å²) in [4.78, 5) is 17.9. The molecule has 1 aliphatic carbocycles. The molecule has 0 N–H and O–H groups in total. The molecule has 1 aromatic heterocycles. The zero-order chi connectivity index (χ0) is 22.3. The molecular formula is C26H21F2N3O. The van der Waals surface area contributed by atoms with Crippen LogP contribution in [0.1, 0.15) is 36.7 Å². The van der Waals surface area contributed by atoms with Crippen molar-refractivity contribution in [3.05, 3.63) is 112 Å². The van der Waals surface area contributed by atoms with Crippen LogP contribution in [0.3, 0.4) is 0 Å². The summed E-state index contributed by atoms with van der Waals surface area (Å²) in [5.41, 5.74) is 2.24. The van der Waals surface area contributed by atoms with Crippen molar-refractivity contribution in [2.24, 2.45) is 5.10 Å². The molecule has 0 bridgehead atoms. The summed E-state index contributed by atoms with van der Waals surface area (Å²) in [6, 6.07) is 19.8. The van der Waals surface area contributed by atoms with Gasteiger partial charge in [0, 0.05) is 6.42 Å². The molecule has 1 aliphatic rings. The molecule has 0 unspecified atom stereocenters. The molecule has 6 heteroatoms. The predicted molar refractivity (Wildman–Crippen MR) is 121 cm³/mol. The van der Waals surface area contributed by atoms with Gasteiger partial charge in [-0.05, 0) is 60.4 Å². The molecule has 32 heavy (non-hydrogen) atoms. The van der Waals surface area contributed by atoms with Gasteiger partial charge in [-0.15, -0.1) is 0 Å². The Morgan fingerprint density at radius 1 is 0.938 bits per heavy atom. The van der Waals surface area contributed by atoms with E-state index in [1.807, 2.05) is 19.1 Å². The predicted octanol–water partition coefficient (Wildman–Crippen LogP) is 5.22. The summed E-state index contributed by atoms with van der Waals surface area (Å²) in [7, 11) is 0. The molecule has 160 valence electrons. The summed E-state index contributed by atoms with van der Waals surface area (Å²) < 4.78 is 28.7. The first-order valence-electron chi connectivity index (χ1n) is 10.6. The van der Waals surface area contributed by atoms with Gasteiger partial charge in [0.15, 0.2) is 0 Å². The quantitative estimate of drug-likeness (QED) is 0.447. The van der Waals surface area contributed by atoms with E-state index in [1.165, 1.54) is 28.9 Å². The van der Waals surface area contributed by atoms with Crippen molar-refractivity contribution in [2.75, 3.05) is 0 Å². The Hall–Kier alpha value is -3.67. The first-order chi connectivity index (χ1) is 15.5. The van der Waals surface area contributed by atoms with Crippen LogP contribution in [0.5, 0.6) is 0 Å². The fraction of sp³-hybridized carbons (Fsp3) is 0.192. The van der Waals surface area contributed by atoms with Crippen molar-refractivity contribution in [1.29, 1.82) is 0 Å². The van der Waals surface area contributed by atoms with Crippen LogP contribution in [0.4, 0.5) is 8.78 Å². The number of aryl methyl sites for hydroxylation is 1. The second-order valence-electron chi connectivity index (χ2n) is 7.98. The van der Waals surface area contributed by atoms with Crippen LogP contribution >= 0.6 is 0 Å². The molecule has 1 heterocycles. The lowest BCUT2D eigenvalue weighted by atomic mass is 9.59. The van der Waals surface area contributed by atoms with Gasteiger partial charge in [-0.1, -0.05) is 43.3 Å². The molecule has 3 aromatic carbocycles. The SMILES string of the molecule is CCc1nc2ccccc2c(=O)n1/N=C1/CCC1(c1ccc(F)cc1)c1ccc(F)cc1. The average molecular weight is 429 g/mol. The van der Waals surface area contributed by atoms with Crippen molar-refractivity contribution in [2.45, 2.75) is 31.6 Å². The fourth-order valence-corrected chi connectivity index (χ4v) is 4.50. The minimum Gasteiger partial charge on any atom is -0.267 e. The van der Waals surface area contributed by atoms with Crippen LogP contribution in [0.25, 0.3) is 10.9 Å². The number of rotatable bonds is 4. The third kappa shape index (κ3) is 3.14. The lowest BCUT2D eigenvalue weighted by molar-refractivity contribution is 0.524. The molecule has 5 rings (SSSR count). The Bertz CT molecular complexity index is 1340. The number of hydrogen-bond acceptors (Lipinski definition) is 3. The Kier molecular flexibility index (Phi) is 4.93. The third-order valence-corrected chi connectivity index (χ3v) is 6.26. The number of aromatic nitrogens is 2. The van der Waals surface area contributed by atoms with Gasteiger partial charge in [0.05, 0.1) is 22.0 Å². The molecule has 1 fully saturated rings. The van der Waals surface area contributed by atoms with E-state index in [2.05, 4.69) is 4.98 Å². The number of nitrogens with zero attached hydrogens (tertiary/aromatic N) is 3.